The number of unbranched alkanes of at least 4 members (excludes halogenated alkanes) is 1. The third-order valence-electron chi connectivity index (χ3n) is 2.74. The molecule has 0 rings (SSSR count). The van der Waals surface area contributed by atoms with E-state index < -0.39 is 0 Å². The lowest BCUT2D eigenvalue weighted by Crippen LogP contribution is -2.47. The second-order valence-electron chi connectivity index (χ2n) is 3.50. The molecule has 0 saturated heterocycles. The third-order valence-corrected chi connectivity index (χ3v) is 2.74. The molecular formula is C10H23NO2. The number of rotatable bonds is 8. The molecule has 0 heterocycles. The van der Waals surface area contributed by atoms with E-state index in [9.17, 15) is 5.11 Å². The van der Waals surface area contributed by atoms with Crippen LogP contribution in [-0.2, 0) is 0 Å². The van der Waals surface area contributed by atoms with E-state index in [1.54, 1.807) is 0 Å². The van der Waals surface area contributed by atoms with E-state index in [0.717, 1.165) is 32.2 Å². The molecular weight excluding hydrogens is 166 g/mol. The smallest absolute Gasteiger partial charge is 0.0613 e. The Kier molecular flexibility index (Phi) is 7.23. The van der Waals surface area contributed by atoms with Crippen molar-refractivity contribution in [1.82, 2.24) is 5.32 Å². The Morgan fingerprint density at radius 1 is 1.08 bits per heavy atom. The van der Waals surface area contributed by atoms with Gasteiger partial charge < -0.3 is 15.5 Å². The fourth-order valence-electron chi connectivity index (χ4n) is 1.37. The molecule has 0 saturated carbocycles. The normalized spacial score (nSPS) is 12.0. The predicted octanol–water partition coefficient (Wildman–Crippen LogP) is 0.900. The fourth-order valence-corrected chi connectivity index (χ4v) is 1.37. The van der Waals surface area contributed by atoms with Crippen LogP contribution < -0.4 is 5.32 Å². The number of aliphatic hydroxyl groups is 2. The van der Waals surface area contributed by atoms with E-state index in [0.29, 0.717) is 0 Å². The minimum Gasteiger partial charge on any atom is -0.396 e. The fraction of sp³-hybridized carbons (Fsp3) is 1.00. The molecule has 0 atom stereocenters. The summed E-state index contributed by atoms with van der Waals surface area (Å²) in [5.74, 6) is 0. The van der Waals surface area contributed by atoms with E-state index in [-0.39, 0.29) is 18.8 Å². The Morgan fingerprint density at radius 2 is 1.69 bits per heavy atom. The molecule has 0 aliphatic carbocycles. The maximum absolute atomic E-state index is 9.22. The zero-order chi connectivity index (χ0) is 10.2. The zero-order valence-corrected chi connectivity index (χ0v) is 8.84. The predicted molar refractivity (Wildman–Crippen MR) is 54.7 cm³/mol. The van der Waals surface area contributed by atoms with Crippen molar-refractivity contribution in [3.63, 3.8) is 0 Å². The average Bonchev–Trinajstić information content (AvgIpc) is 2.20. The van der Waals surface area contributed by atoms with Crippen LogP contribution in [0.5, 0.6) is 0 Å². The van der Waals surface area contributed by atoms with Gasteiger partial charge in [0.15, 0.2) is 0 Å². The Labute approximate surface area is 81.2 Å². The lowest BCUT2D eigenvalue weighted by molar-refractivity contribution is 0.150. The molecule has 0 spiro atoms. The van der Waals surface area contributed by atoms with E-state index in [2.05, 4.69) is 19.2 Å². The van der Waals surface area contributed by atoms with Crippen molar-refractivity contribution in [2.24, 2.45) is 0 Å². The summed E-state index contributed by atoms with van der Waals surface area (Å²) in [5.41, 5.74) is -0.102. The highest BCUT2D eigenvalue weighted by Crippen LogP contribution is 2.13. The Morgan fingerprint density at radius 3 is 2.08 bits per heavy atom. The first-order valence-corrected chi connectivity index (χ1v) is 5.21. The van der Waals surface area contributed by atoms with Crippen LogP contribution in [0.15, 0.2) is 0 Å². The van der Waals surface area contributed by atoms with Gasteiger partial charge in [-0.15, -0.1) is 0 Å². The Balaban J connectivity index is 3.68. The topological polar surface area (TPSA) is 52.5 Å². The highest BCUT2D eigenvalue weighted by Gasteiger charge is 2.23. The molecule has 0 amide bonds. The SMILES string of the molecule is CCC(CC)(CO)NCCCCO. The quantitative estimate of drug-likeness (QED) is 0.497. The van der Waals surface area contributed by atoms with Crippen molar-refractivity contribution in [1.29, 1.82) is 0 Å². The molecule has 13 heavy (non-hydrogen) atoms. The van der Waals surface area contributed by atoms with Crippen LogP contribution >= 0.6 is 0 Å². The van der Waals surface area contributed by atoms with E-state index >= 15 is 0 Å². The number of aliphatic hydroxyl groups excluding tert-OH is 2. The largest absolute Gasteiger partial charge is 0.396 e. The van der Waals surface area contributed by atoms with Crippen LogP contribution in [0.3, 0.4) is 0 Å². The summed E-state index contributed by atoms with van der Waals surface area (Å²) in [4.78, 5) is 0. The summed E-state index contributed by atoms with van der Waals surface area (Å²) in [6.45, 7) is 5.49. The standard InChI is InChI=1S/C10H23NO2/c1-3-10(4-2,9-13)11-7-5-6-8-12/h11-13H,3-9H2,1-2H3. The maximum atomic E-state index is 9.22. The first kappa shape index (κ1) is 12.9. The molecule has 0 bridgehead atoms. The number of hydrogen-bond acceptors (Lipinski definition) is 3. The highest BCUT2D eigenvalue weighted by molar-refractivity contribution is 4.84. The molecule has 0 aromatic heterocycles. The molecule has 3 N–H and O–H groups in total. The summed E-state index contributed by atoms with van der Waals surface area (Å²) >= 11 is 0. The van der Waals surface area contributed by atoms with Crippen molar-refractivity contribution >= 4 is 0 Å². The van der Waals surface area contributed by atoms with Gasteiger partial charge in [0, 0.05) is 12.1 Å². The average molecular weight is 189 g/mol. The van der Waals surface area contributed by atoms with Crippen molar-refractivity contribution in [3.8, 4) is 0 Å². The van der Waals surface area contributed by atoms with Gasteiger partial charge in [-0.25, -0.2) is 0 Å². The van der Waals surface area contributed by atoms with Crippen molar-refractivity contribution in [2.45, 2.75) is 45.1 Å². The molecule has 0 unspecified atom stereocenters. The van der Waals surface area contributed by atoms with Crippen molar-refractivity contribution in [2.75, 3.05) is 19.8 Å². The van der Waals surface area contributed by atoms with Gasteiger partial charge in [0.05, 0.1) is 6.61 Å². The van der Waals surface area contributed by atoms with E-state index in [4.69, 9.17) is 5.11 Å². The highest BCUT2D eigenvalue weighted by atomic mass is 16.3. The van der Waals surface area contributed by atoms with Crippen LogP contribution in [0.2, 0.25) is 0 Å². The van der Waals surface area contributed by atoms with E-state index in [1.165, 1.54) is 0 Å². The van der Waals surface area contributed by atoms with Gasteiger partial charge in [-0.1, -0.05) is 13.8 Å². The van der Waals surface area contributed by atoms with Crippen LogP contribution in [0, 0.1) is 0 Å². The molecule has 0 aromatic carbocycles. The van der Waals surface area contributed by atoms with Crippen LogP contribution in [0.1, 0.15) is 39.5 Å². The summed E-state index contributed by atoms with van der Waals surface area (Å²) < 4.78 is 0. The minimum atomic E-state index is -0.102. The molecule has 0 aromatic rings. The molecule has 3 heteroatoms. The number of nitrogens with one attached hydrogen (secondary N) is 1. The summed E-state index contributed by atoms with van der Waals surface area (Å²) in [7, 11) is 0. The van der Waals surface area contributed by atoms with Gasteiger partial charge in [-0.2, -0.15) is 0 Å². The first-order valence-electron chi connectivity index (χ1n) is 5.21. The molecule has 0 fully saturated rings. The van der Waals surface area contributed by atoms with Crippen molar-refractivity contribution < 1.29 is 10.2 Å². The monoisotopic (exact) mass is 189 g/mol. The minimum absolute atomic E-state index is 0.102. The maximum Gasteiger partial charge on any atom is 0.0613 e. The van der Waals surface area contributed by atoms with Gasteiger partial charge in [-0.3, -0.25) is 0 Å². The van der Waals surface area contributed by atoms with E-state index in [1.807, 2.05) is 0 Å². The van der Waals surface area contributed by atoms with Crippen LogP contribution in [-0.4, -0.2) is 35.5 Å². The molecule has 3 nitrogen and oxygen atoms in total. The lowest BCUT2D eigenvalue weighted by atomic mass is 9.94. The molecule has 0 aliphatic heterocycles. The van der Waals surface area contributed by atoms with Gasteiger partial charge in [0.25, 0.3) is 0 Å². The molecule has 0 aliphatic rings. The second-order valence-corrected chi connectivity index (χ2v) is 3.50. The molecule has 0 radical (unpaired) electrons. The lowest BCUT2D eigenvalue weighted by Gasteiger charge is -2.30. The molecule has 80 valence electrons. The Hall–Kier alpha value is -0.120. The summed E-state index contributed by atoms with van der Waals surface area (Å²) in [6.07, 6.45) is 3.69. The van der Waals surface area contributed by atoms with Gasteiger partial charge >= 0.3 is 0 Å². The van der Waals surface area contributed by atoms with Crippen LogP contribution in [0.4, 0.5) is 0 Å². The number of hydrogen-bond donors (Lipinski definition) is 3. The van der Waals surface area contributed by atoms with Gasteiger partial charge in [0.2, 0.25) is 0 Å². The zero-order valence-electron chi connectivity index (χ0n) is 8.84. The Bertz CT molecular complexity index is 105. The van der Waals surface area contributed by atoms with Crippen LogP contribution in [0.25, 0.3) is 0 Å². The van der Waals surface area contributed by atoms with Gasteiger partial charge in [-0.05, 0) is 32.2 Å². The van der Waals surface area contributed by atoms with Gasteiger partial charge in [0.1, 0.15) is 0 Å². The second kappa shape index (κ2) is 7.30. The third kappa shape index (κ3) is 4.60. The summed E-state index contributed by atoms with van der Waals surface area (Å²) in [5, 5.41) is 21.2. The summed E-state index contributed by atoms with van der Waals surface area (Å²) in [6, 6.07) is 0. The van der Waals surface area contributed by atoms with Crippen molar-refractivity contribution in [3.05, 3.63) is 0 Å². The first-order chi connectivity index (χ1) is 6.24.